The molecule has 0 unspecified atom stereocenters. The molecule has 2 aromatic rings. The second-order valence-corrected chi connectivity index (χ2v) is 6.64. The Labute approximate surface area is 137 Å². The van der Waals surface area contributed by atoms with Crippen LogP contribution in [0.2, 0.25) is 0 Å². The minimum atomic E-state index is -0.473. The van der Waals surface area contributed by atoms with Crippen LogP contribution in [-0.2, 0) is 4.79 Å². The van der Waals surface area contributed by atoms with Gasteiger partial charge in [-0.15, -0.1) is 5.10 Å². The summed E-state index contributed by atoms with van der Waals surface area (Å²) in [6.07, 6.45) is 1.96. The van der Waals surface area contributed by atoms with Gasteiger partial charge in [-0.3, -0.25) is 15.2 Å². The van der Waals surface area contributed by atoms with Crippen LogP contribution in [0.1, 0.15) is 19.8 Å². The van der Waals surface area contributed by atoms with Gasteiger partial charge in [0.05, 0.1) is 5.25 Å². The van der Waals surface area contributed by atoms with E-state index in [2.05, 4.69) is 25.8 Å². The predicted molar refractivity (Wildman–Crippen MR) is 86.8 cm³/mol. The van der Waals surface area contributed by atoms with E-state index in [1.807, 2.05) is 30.3 Å². The van der Waals surface area contributed by atoms with Crippen LogP contribution in [0.15, 0.2) is 35.5 Å². The third-order valence-corrected chi connectivity index (χ3v) is 4.27. The maximum atomic E-state index is 12.0. The van der Waals surface area contributed by atoms with E-state index >= 15 is 0 Å². The topological polar surface area (TPSA) is 99.8 Å². The number of urea groups is 1. The first kappa shape index (κ1) is 15.5. The van der Waals surface area contributed by atoms with E-state index < -0.39 is 11.3 Å². The van der Waals surface area contributed by atoms with Crippen LogP contribution in [-0.4, -0.2) is 38.4 Å². The fraction of sp³-hybridized carbons (Fsp3) is 0.333. The minimum Gasteiger partial charge on any atom is -0.335 e. The third kappa shape index (κ3) is 4.32. The van der Waals surface area contributed by atoms with E-state index in [1.54, 1.807) is 6.92 Å². The number of aromatic amines is 1. The standard InChI is InChI=1S/C15H17N5O2S/c1-9(13(21)18-14(22)16-11-7-8-11)23-15-17-12(19-20-15)10-5-3-2-4-6-10/h2-6,9,11H,7-8H2,1H3,(H,17,19,20)(H2,16,18,21,22)/t9-/m1/s1. The van der Waals surface area contributed by atoms with Gasteiger partial charge in [0.15, 0.2) is 5.82 Å². The Kier molecular flexibility index (Phi) is 4.61. The van der Waals surface area contributed by atoms with Crippen molar-refractivity contribution >= 4 is 23.7 Å². The molecular formula is C15H17N5O2S. The highest BCUT2D eigenvalue weighted by atomic mass is 32.2. The van der Waals surface area contributed by atoms with Crippen LogP contribution in [0.4, 0.5) is 4.79 Å². The molecule has 0 radical (unpaired) electrons. The lowest BCUT2D eigenvalue weighted by atomic mass is 10.2. The molecule has 3 N–H and O–H groups in total. The molecule has 0 spiro atoms. The molecule has 0 saturated heterocycles. The van der Waals surface area contributed by atoms with Gasteiger partial charge in [0.1, 0.15) is 0 Å². The average Bonchev–Trinajstić information content (AvgIpc) is 3.23. The van der Waals surface area contributed by atoms with Crippen molar-refractivity contribution in [2.45, 2.75) is 36.2 Å². The smallest absolute Gasteiger partial charge is 0.321 e. The number of carbonyl (C=O) groups excluding carboxylic acids is 2. The molecule has 1 aromatic carbocycles. The van der Waals surface area contributed by atoms with Crippen molar-refractivity contribution in [1.29, 1.82) is 0 Å². The van der Waals surface area contributed by atoms with Crippen molar-refractivity contribution in [3.63, 3.8) is 0 Å². The number of imide groups is 1. The summed E-state index contributed by atoms with van der Waals surface area (Å²) in [5.41, 5.74) is 0.924. The number of hydrogen-bond donors (Lipinski definition) is 3. The van der Waals surface area contributed by atoms with Gasteiger partial charge in [-0.05, 0) is 19.8 Å². The SMILES string of the molecule is C[C@@H](Sc1n[nH]c(-c2ccccc2)n1)C(=O)NC(=O)NC1CC1. The molecule has 1 aliphatic rings. The molecular weight excluding hydrogens is 314 g/mol. The zero-order valence-electron chi connectivity index (χ0n) is 12.6. The lowest BCUT2D eigenvalue weighted by Crippen LogP contribution is -2.43. The molecule has 120 valence electrons. The molecule has 1 aliphatic carbocycles. The number of benzene rings is 1. The van der Waals surface area contributed by atoms with E-state index in [1.165, 1.54) is 11.8 Å². The number of thioether (sulfide) groups is 1. The van der Waals surface area contributed by atoms with Gasteiger partial charge in [0.2, 0.25) is 11.1 Å². The lowest BCUT2D eigenvalue weighted by molar-refractivity contribution is -0.119. The number of rotatable bonds is 5. The van der Waals surface area contributed by atoms with Crippen molar-refractivity contribution in [2.24, 2.45) is 0 Å². The largest absolute Gasteiger partial charge is 0.335 e. The molecule has 8 heteroatoms. The summed E-state index contributed by atoms with van der Waals surface area (Å²) in [5.74, 6) is 0.284. The van der Waals surface area contributed by atoms with E-state index in [0.717, 1.165) is 18.4 Å². The van der Waals surface area contributed by atoms with Crippen molar-refractivity contribution in [3.8, 4) is 11.4 Å². The zero-order chi connectivity index (χ0) is 16.2. The van der Waals surface area contributed by atoms with E-state index in [0.29, 0.717) is 11.0 Å². The summed E-state index contributed by atoms with van der Waals surface area (Å²) < 4.78 is 0. The van der Waals surface area contributed by atoms with Gasteiger partial charge in [0, 0.05) is 11.6 Å². The van der Waals surface area contributed by atoms with Gasteiger partial charge in [-0.1, -0.05) is 42.1 Å². The number of carbonyl (C=O) groups is 2. The molecule has 3 amide bonds. The third-order valence-electron chi connectivity index (χ3n) is 3.31. The van der Waals surface area contributed by atoms with Crippen LogP contribution in [0, 0.1) is 0 Å². The fourth-order valence-corrected chi connectivity index (χ4v) is 2.62. The first-order valence-electron chi connectivity index (χ1n) is 7.37. The molecule has 0 bridgehead atoms. The fourth-order valence-electron chi connectivity index (χ4n) is 1.90. The highest BCUT2D eigenvalue weighted by Crippen LogP contribution is 2.22. The first-order chi connectivity index (χ1) is 11.1. The van der Waals surface area contributed by atoms with Gasteiger partial charge in [-0.25, -0.2) is 9.78 Å². The Morgan fingerprint density at radius 1 is 1.30 bits per heavy atom. The normalized spacial score (nSPS) is 15.0. The molecule has 23 heavy (non-hydrogen) atoms. The number of aromatic nitrogens is 3. The Bertz CT molecular complexity index is 699. The molecule has 3 rings (SSSR count). The van der Waals surface area contributed by atoms with Crippen LogP contribution in [0.25, 0.3) is 11.4 Å². The maximum absolute atomic E-state index is 12.0. The maximum Gasteiger partial charge on any atom is 0.321 e. The van der Waals surface area contributed by atoms with Crippen LogP contribution < -0.4 is 10.6 Å². The van der Waals surface area contributed by atoms with E-state index in [4.69, 9.17) is 0 Å². The predicted octanol–water partition coefficient (Wildman–Crippen LogP) is 1.94. The highest BCUT2D eigenvalue weighted by Gasteiger charge is 2.25. The van der Waals surface area contributed by atoms with Gasteiger partial charge in [-0.2, -0.15) is 0 Å². The summed E-state index contributed by atoms with van der Waals surface area (Å²) in [4.78, 5) is 27.9. The molecule has 1 fully saturated rings. The van der Waals surface area contributed by atoms with Crippen LogP contribution >= 0.6 is 11.8 Å². The number of nitrogens with one attached hydrogen (secondary N) is 3. The van der Waals surface area contributed by atoms with Crippen molar-refractivity contribution < 1.29 is 9.59 Å². The van der Waals surface area contributed by atoms with Gasteiger partial charge in [0.25, 0.3) is 0 Å². The molecule has 0 aliphatic heterocycles. The summed E-state index contributed by atoms with van der Waals surface area (Å²) in [6.45, 7) is 1.71. The Balaban J connectivity index is 1.55. The second kappa shape index (κ2) is 6.82. The Morgan fingerprint density at radius 2 is 2.04 bits per heavy atom. The van der Waals surface area contributed by atoms with Gasteiger partial charge < -0.3 is 5.32 Å². The number of nitrogens with zero attached hydrogens (tertiary/aromatic N) is 2. The first-order valence-corrected chi connectivity index (χ1v) is 8.25. The van der Waals surface area contributed by atoms with E-state index in [-0.39, 0.29) is 11.9 Å². The van der Waals surface area contributed by atoms with Crippen LogP contribution in [0.3, 0.4) is 0 Å². The quantitative estimate of drug-likeness (QED) is 0.727. The number of hydrogen-bond acceptors (Lipinski definition) is 5. The Morgan fingerprint density at radius 3 is 2.74 bits per heavy atom. The molecule has 7 nitrogen and oxygen atoms in total. The van der Waals surface area contributed by atoms with Crippen molar-refractivity contribution in [2.75, 3.05) is 0 Å². The molecule has 1 atom stereocenters. The molecule has 1 heterocycles. The van der Waals surface area contributed by atoms with Crippen molar-refractivity contribution in [1.82, 2.24) is 25.8 Å². The Hall–Kier alpha value is -2.35. The summed E-state index contributed by atoms with van der Waals surface area (Å²) in [5, 5.41) is 12.0. The van der Waals surface area contributed by atoms with E-state index in [9.17, 15) is 9.59 Å². The summed E-state index contributed by atoms with van der Waals surface area (Å²) >= 11 is 1.20. The monoisotopic (exact) mass is 331 g/mol. The van der Waals surface area contributed by atoms with Gasteiger partial charge >= 0.3 is 6.03 Å². The molecule has 1 saturated carbocycles. The zero-order valence-corrected chi connectivity index (χ0v) is 13.4. The second-order valence-electron chi connectivity index (χ2n) is 5.33. The number of H-pyrrole nitrogens is 1. The summed E-state index contributed by atoms with van der Waals surface area (Å²) in [7, 11) is 0. The lowest BCUT2D eigenvalue weighted by Gasteiger charge is -2.09. The average molecular weight is 331 g/mol. The van der Waals surface area contributed by atoms with Crippen LogP contribution in [0.5, 0.6) is 0 Å². The minimum absolute atomic E-state index is 0.215. The summed E-state index contributed by atoms with van der Waals surface area (Å²) in [6, 6.07) is 9.38. The highest BCUT2D eigenvalue weighted by molar-refractivity contribution is 8.00. The van der Waals surface area contributed by atoms with Crippen molar-refractivity contribution in [3.05, 3.63) is 30.3 Å². The number of amides is 3. The molecule has 1 aromatic heterocycles.